The minimum atomic E-state index is -0.896. The molecule has 84 valence electrons. The van der Waals surface area contributed by atoms with E-state index in [1.807, 2.05) is 0 Å². The summed E-state index contributed by atoms with van der Waals surface area (Å²) < 4.78 is 13.3. The molecule has 3 N–H and O–H groups in total. The van der Waals surface area contributed by atoms with Gasteiger partial charge in [0.05, 0.1) is 12.0 Å². The van der Waals surface area contributed by atoms with Gasteiger partial charge in [-0.15, -0.1) is 18.2 Å². The van der Waals surface area contributed by atoms with Crippen molar-refractivity contribution in [3.8, 4) is 12.3 Å². The van der Waals surface area contributed by atoms with Crippen molar-refractivity contribution in [2.45, 2.75) is 11.3 Å². The molecular formula is C11H10FNO2S. The summed E-state index contributed by atoms with van der Waals surface area (Å²) in [4.78, 5) is 10.8. The second-order valence-corrected chi connectivity index (χ2v) is 4.14. The lowest BCUT2D eigenvalue weighted by Gasteiger charge is -2.06. The van der Waals surface area contributed by atoms with Crippen LogP contribution in [0.15, 0.2) is 17.0 Å². The van der Waals surface area contributed by atoms with E-state index in [1.54, 1.807) is 0 Å². The summed E-state index contributed by atoms with van der Waals surface area (Å²) in [7, 11) is 0. The second kappa shape index (κ2) is 5.42. The van der Waals surface area contributed by atoms with Crippen molar-refractivity contribution in [2.24, 2.45) is 0 Å². The molecule has 5 heteroatoms. The van der Waals surface area contributed by atoms with Crippen molar-refractivity contribution >= 4 is 23.4 Å². The molecule has 1 aromatic carbocycles. The van der Waals surface area contributed by atoms with Crippen LogP contribution >= 0.6 is 11.8 Å². The van der Waals surface area contributed by atoms with E-state index in [4.69, 9.17) is 17.3 Å². The normalized spacial score (nSPS) is 9.75. The molecule has 0 aromatic heterocycles. The van der Waals surface area contributed by atoms with Crippen LogP contribution in [-0.4, -0.2) is 16.8 Å². The van der Waals surface area contributed by atoms with Crippen LogP contribution in [0.1, 0.15) is 12.0 Å². The summed E-state index contributed by atoms with van der Waals surface area (Å²) in [6.07, 6.45) is 5.08. The summed E-state index contributed by atoms with van der Waals surface area (Å²) in [5, 5.41) is 8.45. The summed E-state index contributed by atoms with van der Waals surface area (Å²) in [5.74, 6) is 1.11. The van der Waals surface area contributed by atoms with Gasteiger partial charge in [0, 0.05) is 16.3 Å². The predicted molar refractivity (Wildman–Crippen MR) is 61.7 cm³/mol. The molecule has 1 aromatic rings. The lowest BCUT2D eigenvalue weighted by atomic mass is 10.2. The first kappa shape index (κ1) is 12.4. The van der Waals surface area contributed by atoms with Gasteiger partial charge in [-0.25, -0.2) is 4.39 Å². The summed E-state index contributed by atoms with van der Waals surface area (Å²) in [5.41, 5.74) is 6.13. The Morgan fingerprint density at radius 2 is 2.31 bits per heavy atom. The highest BCUT2D eigenvalue weighted by Crippen LogP contribution is 2.28. The number of nitrogen functional groups attached to an aromatic ring is 1. The molecule has 0 unspecified atom stereocenters. The molecule has 0 aliphatic carbocycles. The highest BCUT2D eigenvalue weighted by atomic mass is 32.2. The highest BCUT2D eigenvalue weighted by molar-refractivity contribution is 7.99. The number of rotatable bonds is 4. The minimum Gasteiger partial charge on any atom is -0.481 e. The van der Waals surface area contributed by atoms with Crippen molar-refractivity contribution in [1.82, 2.24) is 0 Å². The third-order valence-electron chi connectivity index (χ3n) is 1.83. The minimum absolute atomic E-state index is 0.00260. The molecule has 1 rings (SSSR count). The number of aliphatic carboxylic acids is 1. The highest BCUT2D eigenvalue weighted by Gasteiger charge is 2.07. The van der Waals surface area contributed by atoms with Gasteiger partial charge in [0.15, 0.2) is 0 Å². The maximum atomic E-state index is 13.3. The fourth-order valence-corrected chi connectivity index (χ4v) is 1.96. The molecule has 16 heavy (non-hydrogen) atoms. The van der Waals surface area contributed by atoms with E-state index in [0.717, 1.165) is 0 Å². The van der Waals surface area contributed by atoms with Crippen LogP contribution < -0.4 is 5.73 Å². The van der Waals surface area contributed by atoms with E-state index in [-0.39, 0.29) is 12.0 Å². The first-order chi connectivity index (χ1) is 7.54. The number of nitrogens with two attached hydrogens (primary N) is 1. The van der Waals surface area contributed by atoms with Gasteiger partial charge in [0.1, 0.15) is 5.82 Å². The molecule has 0 atom stereocenters. The number of hydrogen-bond donors (Lipinski definition) is 2. The van der Waals surface area contributed by atoms with Crippen LogP contribution in [0, 0.1) is 18.2 Å². The van der Waals surface area contributed by atoms with Crippen LogP contribution in [0.4, 0.5) is 10.1 Å². The zero-order valence-electron chi connectivity index (χ0n) is 8.37. The molecule has 0 saturated carbocycles. The Morgan fingerprint density at radius 1 is 1.62 bits per heavy atom. The van der Waals surface area contributed by atoms with Crippen LogP contribution in [0.3, 0.4) is 0 Å². The Labute approximate surface area is 96.8 Å². The van der Waals surface area contributed by atoms with Gasteiger partial charge in [-0.2, -0.15) is 0 Å². The van der Waals surface area contributed by atoms with E-state index < -0.39 is 11.8 Å². The van der Waals surface area contributed by atoms with Crippen molar-refractivity contribution in [3.05, 3.63) is 23.5 Å². The number of terminal acetylenes is 1. The number of carboxylic acids is 1. The number of anilines is 1. The van der Waals surface area contributed by atoms with Crippen molar-refractivity contribution in [2.75, 3.05) is 11.5 Å². The van der Waals surface area contributed by atoms with Crippen LogP contribution in [0.2, 0.25) is 0 Å². The molecule has 0 fully saturated rings. The number of thioether (sulfide) groups is 1. The SMILES string of the molecule is C#Cc1cc(N)c(SCCC(=O)O)cc1F. The molecule has 0 saturated heterocycles. The number of halogens is 1. The van der Waals surface area contributed by atoms with Crippen LogP contribution in [0.5, 0.6) is 0 Å². The van der Waals surface area contributed by atoms with Crippen molar-refractivity contribution < 1.29 is 14.3 Å². The van der Waals surface area contributed by atoms with Gasteiger partial charge in [0.25, 0.3) is 0 Å². The Bertz CT molecular complexity index is 454. The summed E-state index contributed by atoms with van der Waals surface area (Å²) >= 11 is 1.19. The molecule has 0 radical (unpaired) electrons. The average Bonchev–Trinajstić information content (AvgIpc) is 2.22. The standard InChI is InChI=1S/C11H10FNO2S/c1-2-7-5-9(13)10(6-8(7)12)16-4-3-11(14)15/h1,5-6H,3-4,13H2,(H,14,15). The first-order valence-electron chi connectivity index (χ1n) is 4.45. The lowest BCUT2D eigenvalue weighted by molar-refractivity contribution is -0.136. The second-order valence-electron chi connectivity index (χ2n) is 3.01. The van der Waals surface area contributed by atoms with E-state index >= 15 is 0 Å². The molecule has 0 heterocycles. The van der Waals surface area contributed by atoms with Gasteiger partial charge in [-0.1, -0.05) is 5.92 Å². The summed E-state index contributed by atoms with van der Waals surface area (Å²) in [6, 6.07) is 2.61. The number of hydrogen-bond acceptors (Lipinski definition) is 3. The first-order valence-corrected chi connectivity index (χ1v) is 5.43. The van der Waals surface area contributed by atoms with Crippen LogP contribution in [-0.2, 0) is 4.79 Å². The fraction of sp³-hybridized carbons (Fsp3) is 0.182. The smallest absolute Gasteiger partial charge is 0.304 e. The molecule has 0 aliphatic rings. The molecule has 0 spiro atoms. The summed E-state index contributed by atoms with van der Waals surface area (Å²) in [6.45, 7) is 0. The van der Waals surface area contributed by atoms with Crippen molar-refractivity contribution in [1.29, 1.82) is 0 Å². The Morgan fingerprint density at radius 3 is 2.88 bits per heavy atom. The van der Waals surface area contributed by atoms with Crippen molar-refractivity contribution in [3.63, 3.8) is 0 Å². The number of carboxylic acid groups (broad SMARTS) is 1. The predicted octanol–water partition coefficient (Wildman–Crippen LogP) is 1.96. The van der Waals surface area contributed by atoms with Gasteiger partial charge < -0.3 is 10.8 Å². The third-order valence-corrected chi connectivity index (χ3v) is 2.90. The third kappa shape index (κ3) is 3.17. The Hall–Kier alpha value is -1.67. The maximum absolute atomic E-state index is 13.3. The topological polar surface area (TPSA) is 63.3 Å². The quantitative estimate of drug-likeness (QED) is 0.479. The Kier molecular flexibility index (Phi) is 4.20. The molecule has 0 amide bonds. The largest absolute Gasteiger partial charge is 0.481 e. The molecule has 0 aliphatic heterocycles. The molecule has 0 bridgehead atoms. The van der Waals surface area contributed by atoms with E-state index in [2.05, 4.69) is 5.92 Å². The zero-order chi connectivity index (χ0) is 12.1. The maximum Gasteiger partial charge on any atom is 0.304 e. The van der Waals surface area contributed by atoms with E-state index in [9.17, 15) is 9.18 Å². The zero-order valence-corrected chi connectivity index (χ0v) is 9.18. The Balaban J connectivity index is 2.78. The van der Waals surface area contributed by atoms with Crippen LogP contribution in [0.25, 0.3) is 0 Å². The van der Waals surface area contributed by atoms with E-state index in [1.165, 1.54) is 23.9 Å². The van der Waals surface area contributed by atoms with E-state index in [0.29, 0.717) is 16.3 Å². The average molecular weight is 239 g/mol. The van der Waals surface area contributed by atoms with Gasteiger partial charge >= 0.3 is 5.97 Å². The fourth-order valence-electron chi connectivity index (χ4n) is 1.06. The lowest BCUT2D eigenvalue weighted by Crippen LogP contribution is -1.98. The number of carbonyl (C=O) groups is 1. The molecule has 3 nitrogen and oxygen atoms in total. The molecular weight excluding hydrogens is 229 g/mol. The number of benzene rings is 1. The van der Waals surface area contributed by atoms with Gasteiger partial charge in [0.2, 0.25) is 0 Å². The van der Waals surface area contributed by atoms with Gasteiger partial charge in [-0.3, -0.25) is 4.79 Å². The van der Waals surface area contributed by atoms with Gasteiger partial charge in [-0.05, 0) is 12.1 Å². The monoisotopic (exact) mass is 239 g/mol.